The van der Waals surface area contributed by atoms with E-state index in [1.165, 1.54) is 24.3 Å². The van der Waals surface area contributed by atoms with Crippen molar-refractivity contribution >= 4 is 38.9 Å². The van der Waals surface area contributed by atoms with E-state index in [1.54, 1.807) is 0 Å². The molecule has 1 atom stereocenters. The summed E-state index contributed by atoms with van der Waals surface area (Å²) in [5.41, 5.74) is -3.90. The number of likely N-dealkylation sites (N-methyl/N-ethyl adjacent to an activating group) is 1. The van der Waals surface area contributed by atoms with Crippen molar-refractivity contribution in [2.24, 2.45) is 0 Å². The van der Waals surface area contributed by atoms with Gasteiger partial charge in [-0.3, -0.25) is 9.59 Å². The zero-order valence-corrected chi connectivity index (χ0v) is 20.0. The van der Waals surface area contributed by atoms with Crippen LogP contribution in [-0.2, 0) is 14.6 Å². The minimum Gasteiger partial charge on any atom is -0.373 e. The van der Waals surface area contributed by atoms with Gasteiger partial charge in [0, 0.05) is 18.7 Å². The molecule has 0 bridgehead atoms. The van der Waals surface area contributed by atoms with Gasteiger partial charge in [-0.15, -0.1) is 0 Å². The van der Waals surface area contributed by atoms with Crippen molar-refractivity contribution in [1.82, 2.24) is 10.2 Å². The molecule has 13 heteroatoms. The summed E-state index contributed by atoms with van der Waals surface area (Å²) < 4.78 is 64.5. The van der Waals surface area contributed by atoms with Gasteiger partial charge in [0.1, 0.15) is 0 Å². The van der Waals surface area contributed by atoms with E-state index >= 15 is 0 Å². The summed E-state index contributed by atoms with van der Waals surface area (Å²) in [5.74, 6) is -2.25. The van der Waals surface area contributed by atoms with Crippen molar-refractivity contribution in [1.29, 1.82) is 0 Å². The average Bonchev–Trinajstić information content (AvgIpc) is 2.73. The van der Waals surface area contributed by atoms with E-state index in [0.717, 1.165) is 18.2 Å². The zero-order valence-electron chi connectivity index (χ0n) is 18.4. The summed E-state index contributed by atoms with van der Waals surface area (Å²) in [6, 6.07) is 8.27. The summed E-state index contributed by atoms with van der Waals surface area (Å²) in [7, 11) is -0.497. The van der Waals surface area contributed by atoms with Crippen molar-refractivity contribution in [3.63, 3.8) is 0 Å². The van der Waals surface area contributed by atoms with Gasteiger partial charge in [0.2, 0.25) is 15.4 Å². The SMILES string of the molecule is CN(C)CCNC(=O)c1cccc(S(=O)(=O)c2ccc(NC(=O)[C@@](C)(O)C(F)(F)F)c(Cl)c2)c1. The van der Waals surface area contributed by atoms with Crippen molar-refractivity contribution in [3.8, 4) is 0 Å². The molecule has 2 rings (SSSR count). The van der Waals surface area contributed by atoms with Gasteiger partial charge < -0.3 is 20.6 Å². The molecule has 0 aliphatic rings. The second-order valence-electron chi connectivity index (χ2n) is 7.76. The van der Waals surface area contributed by atoms with Gasteiger partial charge >= 0.3 is 6.18 Å². The fourth-order valence-electron chi connectivity index (χ4n) is 2.57. The van der Waals surface area contributed by atoms with Gasteiger partial charge in [-0.2, -0.15) is 13.2 Å². The standard InChI is InChI=1S/C21H23ClF3N3O5S/c1-20(31,21(23,24)25)19(30)27-17-8-7-15(12-16(17)22)34(32,33)14-6-4-5-13(11-14)18(29)26-9-10-28(2)3/h4-8,11-12,31H,9-10H2,1-3H3,(H,26,29)(H,27,30)/t20-/m1/s1. The minimum atomic E-state index is -5.24. The number of nitrogens with one attached hydrogen (secondary N) is 2. The van der Waals surface area contributed by atoms with Crippen molar-refractivity contribution in [2.75, 3.05) is 32.5 Å². The van der Waals surface area contributed by atoms with Crippen molar-refractivity contribution in [2.45, 2.75) is 28.5 Å². The van der Waals surface area contributed by atoms with Gasteiger partial charge in [-0.1, -0.05) is 17.7 Å². The lowest BCUT2D eigenvalue weighted by atomic mass is 10.1. The summed E-state index contributed by atoms with van der Waals surface area (Å²) >= 11 is 5.99. The largest absolute Gasteiger partial charge is 0.426 e. The van der Waals surface area contributed by atoms with E-state index in [1.807, 2.05) is 24.3 Å². The van der Waals surface area contributed by atoms with Gasteiger partial charge in [0.25, 0.3) is 11.8 Å². The molecule has 0 spiro atoms. The number of halogens is 4. The molecule has 2 amide bonds. The smallest absolute Gasteiger partial charge is 0.373 e. The van der Waals surface area contributed by atoms with E-state index in [0.29, 0.717) is 13.1 Å². The average molecular weight is 522 g/mol. The monoisotopic (exact) mass is 521 g/mol. The number of alkyl halides is 3. The summed E-state index contributed by atoms with van der Waals surface area (Å²) in [6.07, 6.45) is -5.24. The lowest BCUT2D eigenvalue weighted by Gasteiger charge is -2.25. The lowest BCUT2D eigenvalue weighted by Crippen LogP contribution is -2.52. The first-order valence-electron chi connectivity index (χ1n) is 9.75. The second-order valence-corrected chi connectivity index (χ2v) is 10.1. The molecule has 2 aromatic carbocycles. The Morgan fingerprint density at radius 3 is 2.26 bits per heavy atom. The van der Waals surface area contributed by atoms with Crippen LogP contribution in [0.15, 0.2) is 52.3 Å². The van der Waals surface area contributed by atoms with Crippen molar-refractivity contribution < 1.29 is 36.3 Å². The van der Waals surface area contributed by atoms with Gasteiger partial charge in [0.15, 0.2) is 0 Å². The number of carbonyl (C=O) groups excluding carboxylic acids is 2. The maximum absolute atomic E-state index is 13.0. The van der Waals surface area contributed by atoms with E-state index in [-0.39, 0.29) is 33.0 Å². The van der Waals surface area contributed by atoms with Crippen LogP contribution in [0.25, 0.3) is 0 Å². The molecule has 0 aliphatic carbocycles. The van der Waals surface area contributed by atoms with Crippen LogP contribution in [-0.4, -0.2) is 69.2 Å². The van der Waals surface area contributed by atoms with Crippen LogP contribution < -0.4 is 10.6 Å². The minimum absolute atomic E-state index is 0.115. The van der Waals surface area contributed by atoms with E-state index in [4.69, 9.17) is 11.6 Å². The molecule has 0 saturated carbocycles. The quantitative estimate of drug-likeness (QED) is 0.492. The molecule has 0 aliphatic heterocycles. The number of anilines is 1. The summed E-state index contributed by atoms with van der Waals surface area (Å²) in [4.78, 5) is 25.5. The molecule has 0 aromatic heterocycles. The number of rotatable bonds is 8. The third-order valence-corrected chi connectivity index (χ3v) is 6.81. The fourth-order valence-corrected chi connectivity index (χ4v) is 4.20. The number of hydrogen-bond donors (Lipinski definition) is 3. The molecular weight excluding hydrogens is 499 g/mol. The Balaban J connectivity index is 2.27. The Labute approximate surface area is 199 Å². The Kier molecular flexibility index (Phi) is 8.35. The Bertz CT molecular complexity index is 1180. The van der Waals surface area contributed by atoms with E-state index < -0.39 is 33.4 Å². The Morgan fingerprint density at radius 1 is 1.09 bits per heavy atom. The summed E-state index contributed by atoms with van der Waals surface area (Å²) in [6.45, 7) is 1.22. The molecule has 186 valence electrons. The Hall–Kier alpha value is -2.67. The first kappa shape index (κ1) is 27.6. The highest BCUT2D eigenvalue weighted by Gasteiger charge is 2.55. The maximum Gasteiger partial charge on any atom is 0.426 e. The van der Waals surface area contributed by atoms with Crippen LogP contribution in [0.2, 0.25) is 5.02 Å². The number of hydrogen-bond acceptors (Lipinski definition) is 6. The summed E-state index contributed by atoms with van der Waals surface area (Å²) in [5, 5.41) is 13.6. The van der Waals surface area contributed by atoms with Crippen LogP contribution >= 0.6 is 11.6 Å². The van der Waals surface area contributed by atoms with E-state index in [9.17, 15) is 36.3 Å². The highest BCUT2D eigenvalue weighted by atomic mass is 35.5. The maximum atomic E-state index is 13.0. The third kappa shape index (κ3) is 6.26. The van der Waals surface area contributed by atoms with Gasteiger partial charge in [0.05, 0.1) is 20.5 Å². The topological polar surface area (TPSA) is 116 Å². The van der Waals surface area contributed by atoms with Crippen LogP contribution in [0.1, 0.15) is 17.3 Å². The predicted octanol–water partition coefficient (Wildman–Crippen LogP) is 2.72. The number of amides is 2. The molecule has 0 saturated heterocycles. The first-order chi connectivity index (χ1) is 15.6. The van der Waals surface area contributed by atoms with Crippen LogP contribution in [0, 0.1) is 0 Å². The number of benzene rings is 2. The lowest BCUT2D eigenvalue weighted by molar-refractivity contribution is -0.242. The van der Waals surface area contributed by atoms with Crippen LogP contribution in [0.4, 0.5) is 18.9 Å². The van der Waals surface area contributed by atoms with Gasteiger partial charge in [-0.05, 0) is 57.4 Å². The molecule has 2 aromatic rings. The van der Waals surface area contributed by atoms with E-state index in [2.05, 4.69) is 5.32 Å². The molecular formula is C21H23ClF3N3O5S. The molecule has 34 heavy (non-hydrogen) atoms. The first-order valence-corrected chi connectivity index (χ1v) is 11.6. The highest BCUT2D eigenvalue weighted by molar-refractivity contribution is 7.91. The van der Waals surface area contributed by atoms with Crippen LogP contribution in [0.3, 0.4) is 0 Å². The van der Waals surface area contributed by atoms with Crippen molar-refractivity contribution in [3.05, 3.63) is 53.1 Å². The highest BCUT2D eigenvalue weighted by Crippen LogP contribution is 2.33. The molecule has 0 unspecified atom stereocenters. The normalized spacial score (nSPS) is 13.9. The number of sulfone groups is 1. The second kappa shape index (κ2) is 10.3. The molecule has 8 nitrogen and oxygen atoms in total. The number of nitrogens with zero attached hydrogens (tertiary/aromatic N) is 1. The molecule has 0 heterocycles. The Morgan fingerprint density at radius 2 is 1.71 bits per heavy atom. The third-order valence-electron chi connectivity index (χ3n) is 4.74. The molecule has 0 radical (unpaired) electrons. The number of carbonyl (C=O) groups is 2. The molecule has 0 fully saturated rings. The fraction of sp³-hybridized carbons (Fsp3) is 0.333. The van der Waals surface area contributed by atoms with Gasteiger partial charge in [-0.25, -0.2) is 8.42 Å². The molecule has 3 N–H and O–H groups in total. The number of aliphatic hydroxyl groups is 1. The van der Waals surface area contributed by atoms with Crippen LogP contribution in [0.5, 0.6) is 0 Å². The predicted molar refractivity (Wildman–Crippen MR) is 120 cm³/mol. The zero-order chi connectivity index (χ0) is 25.9.